The molecule has 0 fully saturated rings. The third-order valence-electron chi connectivity index (χ3n) is 16.6. The van der Waals surface area contributed by atoms with E-state index in [1.165, 1.54) is 121 Å². The van der Waals surface area contributed by atoms with Crippen molar-refractivity contribution in [3.63, 3.8) is 0 Å². The van der Waals surface area contributed by atoms with Gasteiger partial charge in [-0.2, -0.15) is 0 Å². The standard InChI is InChI=1S/C74H58N4/c1-73(2,3)51-32-40-67-63(45-51)59-36-34-57-61-43-49(30-38-65(61)75(53-22-11-7-12-23-53)69(57)71(59)77(67)55-26-15-9-16-27-55)47-20-19-21-48(42-47)50-31-39-66-62(44-50)58-35-37-60-64-46-52(74(4,5)6)33-41-68(64)78(56-28-17-10-18-29-56)72(60)70(58)76(66)54-24-13-8-14-25-54/h7-46H,1-6H3. The largest absolute Gasteiger partial charge is 0.307 e. The highest BCUT2D eigenvalue weighted by atomic mass is 15.1. The lowest BCUT2D eigenvalue weighted by atomic mass is 9.86. The van der Waals surface area contributed by atoms with Crippen molar-refractivity contribution in [1.29, 1.82) is 0 Å². The number of aromatic nitrogens is 4. The van der Waals surface area contributed by atoms with E-state index < -0.39 is 0 Å². The number of fused-ring (bicyclic) bond motifs is 14. The molecule has 15 rings (SSSR count). The fourth-order valence-electron chi connectivity index (χ4n) is 12.8. The Labute approximate surface area is 454 Å². The zero-order chi connectivity index (χ0) is 52.6. The fourth-order valence-corrected chi connectivity index (χ4v) is 12.8. The van der Waals surface area contributed by atoms with Gasteiger partial charge in [0.25, 0.3) is 0 Å². The Kier molecular flexibility index (Phi) is 10.1. The van der Waals surface area contributed by atoms with E-state index in [1.54, 1.807) is 0 Å². The van der Waals surface area contributed by atoms with Crippen molar-refractivity contribution >= 4 is 87.2 Å². The maximum absolute atomic E-state index is 2.49. The first-order valence-corrected chi connectivity index (χ1v) is 27.4. The summed E-state index contributed by atoms with van der Waals surface area (Å²) in [6.45, 7) is 13.8. The first kappa shape index (κ1) is 46.0. The summed E-state index contributed by atoms with van der Waals surface area (Å²) in [4.78, 5) is 0. The number of hydrogen-bond donors (Lipinski definition) is 0. The maximum atomic E-state index is 2.49. The van der Waals surface area contributed by atoms with Gasteiger partial charge in [-0.1, -0.05) is 181 Å². The first-order chi connectivity index (χ1) is 38.0. The highest BCUT2D eigenvalue weighted by Gasteiger charge is 2.26. The van der Waals surface area contributed by atoms with E-state index in [1.807, 2.05) is 0 Å². The van der Waals surface area contributed by atoms with E-state index in [4.69, 9.17) is 0 Å². The summed E-state index contributed by atoms with van der Waals surface area (Å²) >= 11 is 0. The molecule has 4 aromatic heterocycles. The van der Waals surface area contributed by atoms with Gasteiger partial charge >= 0.3 is 0 Å². The third kappa shape index (κ3) is 6.99. The SMILES string of the molecule is CC(C)(C)c1ccc2c(c1)c1ccc3c4cc(-c5cccc(-c6ccc7c(c6)c6ccc8c9cc(C(C)(C)C)ccc9n(-c9ccccc9)c8c6n7-c6ccccc6)c5)ccc4n(-c4ccccc4)c3c1n2-c1ccccc1. The van der Waals surface area contributed by atoms with Crippen molar-refractivity contribution in [3.8, 4) is 45.0 Å². The summed E-state index contributed by atoms with van der Waals surface area (Å²) in [6.07, 6.45) is 0. The smallest absolute Gasteiger partial charge is 0.0788 e. The van der Waals surface area contributed by atoms with Crippen molar-refractivity contribution in [2.75, 3.05) is 0 Å². The molecule has 4 heteroatoms. The van der Waals surface area contributed by atoms with Crippen LogP contribution in [0.5, 0.6) is 0 Å². The highest BCUT2D eigenvalue weighted by Crippen LogP contribution is 2.46. The van der Waals surface area contributed by atoms with Crippen LogP contribution in [0.3, 0.4) is 0 Å². The molecule has 4 nitrogen and oxygen atoms in total. The normalized spacial score (nSPS) is 12.5. The Balaban J connectivity index is 0.933. The lowest BCUT2D eigenvalue weighted by Crippen LogP contribution is -2.10. The Morgan fingerprint density at radius 3 is 0.782 bits per heavy atom. The molecule has 0 spiro atoms. The van der Waals surface area contributed by atoms with Gasteiger partial charge in [-0.3, -0.25) is 0 Å². The second-order valence-corrected chi connectivity index (χ2v) is 23.4. The predicted molar refractivity (Wildman–Crippen MR) is 332 cm³/mol. The second-order valence-electron chi connectivity index (χ2n) is 23.4. The summed E-state index contributed by atoms with van der Waals surface area (Å²) < 4.78 is 9.97. The predicted octanol–water partition coefficient (Wildman–Crippen LogP) is 20.0. The molecule has 11 aromatic carbocycles. The zero-order valence-electron chi connectivity index (χ0n) is 44.9. The van der Waals surface area contributed by atoms with Gasteiger partial charge in [0.15, 0.2) is 0 Å². The molecule has 0 N–H and O–H groups in total. The van der Waals surface area contributed by atoms with Gasteiger partial charge in [0.2, 0.25) is 0 Å². The first-order valence-electron chi connectivity index (χ1n) is 27.4. The minimum Gasteiger partial charge on any atom is -0.307 e. The van der Waals surface area contributed by atoms with Crippen LogP contribution in [-0.4, -0.2) is 18.3 Å². The molecule has 0 unspecified atom stereocenters. The van der Waals surface area contributed by atoms with E-state index in [2.05, 4.69) is 302 Å². The molecule has 0 saturated carbocycles. The molecule has 15 aromatic rings. The molecule has 0 aliphatic heterocycles. The summed E-state index contributed by atoms with van der Waals surface area (Å²) in [5.41, 5.74) is 21.6. The molecular formula is C74H58N4. The molecule has 0 saturated heterocycles. The Bertz CT molecular complexity index is 4570. The maximum Gasteiger partial charge on any atom is 0.0788 e. The minimum absolute atomic E-state index is 0.0119. The van der Waals surface area contributed by atoms with E-state index >= 15 is 0 Å². The van der Waals surface area contributed by atoms with Gasteiger partial charge in [-0.05, 0) is 147 Å². The number of benzene rings is 11. The Hall–Kier alpha value is -9.38. The van der Waals surface area contributed by atoms with Crippen LogP contribution in [0.15, 0.2) is 243 Å². The average Bonchev–Trinajstić information content (AvgIpc) is 4.30. The van der Waals surface area contributed by atoms with Gasteiger partial charge in [0, 0.05) is 65.8 Å². The minimum atomic E-state index is 0.0119. The van der Waals surface area contributed by atoms with Crippen LogP contribution < -0.4 is 0 Å². The molecule has 374 valence electrons. The van der Waals surface area contributed by atoms with E-state index in [9.17, 15) is 0 Å². The average molecular weight is 1000 g/mol. The van der Waals surface area contributed by atoms with Crippen LogP contribution in [0.4, 0.5) is 0 Å². The Morgan fingerprint density at radius 2 is 0.487 bits per heavy atom. The van der Waals surface area contributed by atoms with Crippen molar-refractivity contribution in [2.24, 2.45) is 0 Å². The molecule has 0 aliphatic carbocycles. The topological polar surface area (TPSA) is 19.7 Å². The monoisotopic (exact) mass is 1000 g/mol. The van der Waals surface area contributed by atoms with Crippen LogP contribution in [0.1, 0.15) is 52.7 Å². The van der Waals surface area contributed by atoms with Crippen molar-refractivity contribution in [1.82, 2.24) is 18.3 Å². The molecule has 0 amide bonds. The number of para-hydroxylation sites is 4. The molecule has 78 heavy (non-hydrogen) atoms. The van der Waals surface area contributed by atoms with Crippen molar-refractivity contribution in [2.45, 2.75) is 52.4 Å². The van der Waals surface area contributed by atoms with Crippen LogP contribution in [0.25, 0.3) is 132 Å². The van der Waals surface area contributed by atoms with Crippen molar-refractivity contribution in [3.05, 3.63) is 254 Å². The molecule has 0 radical (unpaired) electrons. The van der Waals surface area contributed by atoms with E-state index in [-0.39, 0.29) is 10.8 Å². The quantitative estimate of drug-likeness (QED) is 0.158. The van der Waals surface area contributed by atoms with Gasteiger partial charge in [-0.25, -0.2) is 0 Å². The van der Waals surface area contributed by atoms with E-state index in [0.29, 0.717) is 0 Å². The summed E-state index contributed by atoms with van der Waals surface area (Å²) in [5.74, 6) is 0. The fraction of sp³-hybridized carbons (Fsp3) is 0.108. The van der Waals surface area contributed by atoms with Crippen LogP contribution in [0.2, 0.25) is 0 Å². The van der Waals surface area contributed by atoms with E-state index in [0.717, 1.165) is 22.7 Å². The number of rotatable bonds is 6. The molecule has 0 bridgehead atoms. The summed E-state index contributed by atoms with van der Waals surface area (Å²) in [5, 5.41) is 9.95. The van der Waals surface area contributed by atoms with Gasteiger partial charge in [0.05, 0.1) is 44.1 Å². The molecular weight excluding hydrogens is 945 g/mol. The second kappa shape index (κ2) is 17.1. The lowest BCUT2D eigenvalue weighted by molar-refractivity contribution is 0.591. The van der Waals surface area contributed by atoms with Gasteiger partial charge in [0.1, 0.15) is 0 Å². The van der Waals surface area contributed by atoms with Crippen LogP contribution in [-0.2, 0) is 10.8 Å². The zero-order valence-corrected chi connectivity index (χ0v) is 44.9. The molecule has 0 atom stereocenters. The van der Waals surface area contributed by atoms with Crippen LogP contribution >= 0.6 is 0 Å². The molecule has 0 aliphatic rings. The highest BCUT2D eigenvalue weighted by molar-refractivity contribution is 6.26. The lowest BCUT2D eigenvalue weighted by Gasteiger charge is -2.19. The molecule has 4 heterocycles. The summed E-state index contributed by atoms with van der Waals surface area (Å²) in [7, 11) is 0. The Morgan fingerprint density at radius 1 is 0.218 bits per heavy atom. The van der Waals surface area contributed by atoms with Crippen LogP contribution in [0, 0.1) is 0 Å². The number of nitrogens with zero attached hydrogens (tertiary/aromatic N) is 4. The number of hydrogen-bond acceptors (Lipinski definition) is 0. The van der Waals surface area contributed by atoms with Gasteiger partial charge < -0.3 is 18.3 Å². The summed E-state index contributed by atoms with van der Waals surface area (Å²) in [6, 6.07) is 90.5. The van der Waals surface area contributed by atoms with Gasteiger partial charge in [-0.15, -0.1) is 0 Å². The third-order valence-corrected chi connectivity index (χ3v) is 16.6. The van der Waals surface area contributed by atoms with Crippen molar-refractivity contribution < 1.29 is 0 Å².